The average Bonchev–Trinajstić information content (AvgIpc) is 1.53. The summed E-state index contributed by atoms with van der Waals surface area (Å²) in [7, 11) is 14.6. The Hall–Kier alpha value is -14.1. The van der Waals surface area contributed by atoms with Gasteiger partial charge in [0.25, 0.3) is 0 Å². The van der Waals surface area contributed by atoms with Crippen molar-refractivity contribution in [2.45, 2.75) is 28.3 Å². The van der Waals surface area contributed by atoms with Crippen molar-refractivity contribution >= 4 is 167 Å². The largest absolute Gasteiger partial charge is 4.00 e. The van der Waals surface area contributed by atoms with Crippen LogP contribution >= 0.6 is 11.8 Å². The van der Waals surface area contributed by atoms with Crippen molar-refractivity contribution in [2.75, 3.05) is 135 Å². The molecule has 0 bridgehead atoms. The molecular formula is C127H102N16OPt4SSi. The van der Waals surface area contributed by atoms with E-state index in [1.807, 2.05) is 74.8 Å². The zero-order valence-corrected chi connectivity index (χ0v) is 94.7. The topological polar surface area (TPSA) is 61.1 Å². The summed E-state index contributed by atoms with van der Waals surface area (Å²) in [6, 6.07) is 165. The zero-order valence-electron chi connectivity index (χ0n) is 83.8. The van der Waals surface area contributed by atoms with E-state index >= 15 is 0 Å². The van der Waals surface area contributed by atoms with Gasteiger partial charge < -0.3 is 83.1 Å². The Bertz CT molecular complexity index is 7340. The van der Waals surface area contributed by atoms with Crippen LogP contribution in [0.2, 0.25) is 13.1 Å². The van der Waals surface area contributed by atoms with Crippen LogP contribution in [0.15, 0.2) is 398 Å². The van der Waals surface area contributed by atoms with E-state index < -0.39 is 13.5 Å². The summed E-state index contributed by atoms with van der Waals surface area (Å²) in [5, 5.41) is 2.54. The molecule has 746 valence electrons. The van der Waals surface area contributed by atoms with E-state index in [4.69, 9.17) is 4.74 Å². The molecular weight excluding hydrogens is 2610 g/mol. The normalized spacial score (nSPS) is 14.6. The summed E-state index contributed by atoms with van der Waals surface area (Å²) in [6.07, 6.45) is 0. The monoisotopic (exact) mass is 2710 g/mol. The molecule has 18 aromatic carbocycles. The Morgan fingerprint density at radius 1 is 0.207 bits per heavy atom. The first-order valence-corrected chi connectivity index (χ1v) is 52.7. The van der Waals surface area contributed by atoms with Gasteiger partial charge in [-0.15, -0.1) is 139 Å². The number of anilines is 24. The summed E-state index contributed by atoms with van der Waals surface area (Å²) in [5.41, 5.74) is 33.3. The van der Waals surface area contributed by atoms with Crippen molar-refractivity contribution in [3.8, 4) is 22.6 Å². The van der Waals surface area contributed by atoms with Crippen LogP contribution in [0.1, 0.15) is 22.3 Å². The third kappa shape index (κ3) is 19.1. The molecule has 0 radical (unpaired) electrons. The summed E-state index contributed by atoms with van der Waals surface area (Å²) >= 11 is 1.68. The van der Waals surface area contributed by atoms with E-state index in [9.17, 15) is 0 Å². The quantitative estimate of drug-likeness (QED) is 0.0681. The molecule has 0 atom stereocenters. The van der Waals surface area contributed by atoms with E-state index in [2.05, 4.69) is 563 Å². The van der Waals surface area contributed by atoms with Crippen molar-refractivity contribution in [1.82, 2.24) is 0 Å². The van der Waals surface area contributed by atoms with Crippen molar-refractivity contribution in [3.63, 3.8) is 0 Å². The van der Waals surface area contributed by atoms with Gasteiger partial charge in [-0.2, -0.15) is 197 Å². The summed E-state index contributed by atoms with van der Waals surface area (Å²) in [5.74, 6) is 1.29. The fourth-order valence-corrected chi connectivity index (χ4v) is 24.1. The number of para-hydroxylation sites is 16. The first-order chi connectivity index (χ1) is 71.4. The number of fused-ring (bicyclic) bond motifs is 11. The van der Waals surface area contributed by atoms with Gasteiger partial charge in [0, 0.05) is 108 Å². The van der Waals surface area contributed by atoms with Gasteiger partial charge in [-0.25, -0.2) is 0 Å². The number of rotatable bonds is 16. The second-order valence-electron chi connectivity index (χ2n) is 37.8. The SMILES string of the molecule is CN1[CH-]N(c2[c-]c(C3(c4[c-]c(N5[CH-]N(C)c6ccccc65)ccc4)c4ccccc4-c4ccccc43)ccc2)c2ccccc21.CN1[CH-]N(c2[c-]c(Oc3[c-]c(N4[CH-]N(C)c5ccccc54)ccc3)ccc2)c2ccccc21.CN1[CH-]N(c2[c-]c(Sc3[c-]c(N4[CH-]N(C)c5ccccc54)ccc3)ccc2)c2ccccc21.CN1[CH-]N(c2[c-]c([Si](C)(C)c3[c-]c(N4[CH-]N(C)c5ccccc54)ccc3)ccc2)c2ccccc21.[Pt+4].[Pt+4].[Pt+4].[Pt+4]. The van der Waals surface area contributed by atoms with Gasteiger partial charge in [-0.1, -0.05) is 159 Å². The number of hydrogen-bond acceptors (Lipinski definition) is 18. The molecule has 0 N–H and O–H groups in total. The molecule has 23 heteroatoms. The molecule has 9 aliphatic rings. The number of benzene rings is 18. The zero-order chi connectivity index (χ0) is 99.0. The Balaban J connectivity index is 0.000000121. The van der Waals surface area contributed by atoms with Crippen molar-refractivity contribution in [3.05, 3.63) is 512 Å². The number of nitrogens with zero attached hydrogens (tertiary/aromatic N) is 16. The van der Waals surface area contributed by atoms with Gasteiger partial charge in [-0.3, -0.25) is 0 Å². The fraction of sp³-hybridized carbons (Fsp3) is 0.0866. The van der Waals surface area contributed by atoms with Crippen molar-refractivity contribution in [1.29, 1.82) is 0 Å². The standard InChI is InChI=1S/C41H30N4.C30H28N4Si.C28H22N4O.C28H22N4S.4Pt/c1-42-27-44(39-23-9-7-21-37(39)42)31-15-11-13-29(25-31)41(35-19-5-3-17-33(35)34-18-4-6-20-36(34)41)30-14-12-16-32(26-30)45-28-43(2)38-22-8-10-24-40(38)45;1-31-21-33(29-17-7-5-15-27(29)31)23-11-9-13-25(19-23)35(3,4)26-14-10-12-24(20-26)34-22-32(2)28-16-6-8-18-30(28)34;2*1-29-19-31(27-15-5-3-13-25(27)29)21-9-7-11-23(17-21)33-24-12-8-10-22(18-24)32-20-30(2)26-14-4-6-16-28(26)32;;;;/h3-24,27-28H,1-2H3;5-18,21-22H,1-4H3;2*3-16,19-20H,1-2H3;;;;/q4*-4;4*+4. The molecule has 0 amide bonds. The van der Waals surface area contributed by atoms with Crippen LogP contribution in [0.25, 0.3) is 11.1 Å². The maximum Gasteiger partial charge on any atom is 4.00 e. The number of ether oxygens (including phenoxy) is 1. The van der Waals surface area contributed by atoms with Gasteiger partial charge in [0.05, 0.1) is 8.07 Å². The number of hydrogen-bond donors (Lipinski definition) is 0. The predicted octanol–water partition coefficient (Wildman–Crippen LogP) is 27.9. The van der Waals surface area contributed by atoms with Crippen LogP contribution in [0.3, 0.4) is 0 Å². The van der Waals surface area contributed by atoms with Crippen LogP contribution < -0.4 is 93.5 Å². The molecule has 0 unspecified atom stereocenters. The van der Waals surface area contributed by atoms with Crippen LogP contribution in [0.5, 0.6) is 11.5 Å². The molecule has 150 heavy (non-hydrogen) atoms. The third-order valence-electron chi connectivity index (χ3n) is 28.2. The maximum atomic E-state index is 6.19. The molecule has 0 aromatic heterocycles. The molecule has 8 heterocycles. The van der Waals surface area contributed by atoms with Gasteiger partial charge in [0.15, 0.2) is 0 Å². The smallest absolute Gasteiger partial charge is 0.509 e. The van der Waals surface area contributed by atoms with Gasteiger partial charge in [-0.05, 0) is 176 Å². The van der Waals surface area contributed by atoms with Gasteiger partial charge in [0.2, 0.25) is 0 Å². The van der Waals surface area contributed by atoms with Gasteiger partial charge >= 0.3 is 84.3 Å². The second-order valence-corrected chi connectivity index (χ2v) is 43.2. The minimum atomic E-state index is -2.06. The Labute approximate surface area is 945 Å². The predicted molar refractivity (Wildman–Crippen MR) is 604 cm³/mol. The van der Waals surface area contributed by atoms with E-state index in [-0.39, 0.29) is 84.3 Å². The van der Waals surface area contributed by atoms with Crippen LogP contribution in [-0.2, 0) is 89.7 Å². The molecule has 0 fully saturated rings. The first kappa shape index (κ1) is 103. The Morgan fingerprint density at radius 3 is 0.667 bits per heavy atom. The maximum absolute atomic E-state index is 6.19. The van der Waals surface area contributed by atoms with E-state index in [1.165, 1.54) is 89.5 Å². The molecule has 1 aliphatic carbocycles. The Kier molecular flexibility index (Phi) is 29.9. The van der Waals surface area contributed by atoms with Crippen LogP contribution in [0.4, 0.5) is 136 Å². The molecule has 8 aliphatic heterocycles. The van der Waals surface area contributed by atoms with Crippen molar-refractivity contribution in [2.24, 2.45) is 0 Å². The second kappa shape index (κ2) is 43.5. The third-order valence-corrected chi connectivity index (χ3v) is 32.4. The average molecular weight is 2710 g/mol. The first-order valence-electron chi connectivity index (χ1n) is 48.9. The van der Waals surface area contributed by atoms with Gasteiger partial charge in [0.1, 0.15) is 0 Å². The summed E-state index contributed by atoms with van der Waals surface area (Å²) in [4.78, 5) is 36.8. The van der Waals surface area contributed by atoms with Crippen molar-refractivity contribution < 1.29 is 89.0 Å². The summed E-state index contributed by atoms with van der Waals surface area (Å²) in [6.45, 7) is 21.7. The molecule has 0 spiro atoms. The minimum absolute atomic E-state index is 0. The summed E-state index contributed by atoms with van der Waals surface area (Å²) < 4.78 is 6.19. The van der Waals surface area contributed by atoms with E-state index in [0.29, 0.717) is 11.5 Å². The Morgan fingerprint density at radius 2 is 0.407 bits per heavy atom. The fourth-order valence-electron chi connectivity index (χ4n) is 21.1. The van der Waals surface area contributed by atoms with E-state index in [0.717, 1.165) is 101 Å². The minimum Gasteiger partial charge on any atom is -0.509 e. The van der Waals surface area contributed by atoms with Crippen LogP contribution in [-0.4, -0.2) is 64.5 Å². The molecule has 27 rings (SSSR count). The van der Waals surface area contributed by atoms with Crippen LogP contribution in [0, 0.1) is 102 Å². The molecule has 0 saturated heterocycles. The molecule has 17 nitrogen and oxygen atoms in total. The molecule has 0 saturated carbocycles. The molecule has 18 aromatic rings. The van der Waals surface area contributed by atoms with E-state index in [1.54, 1.807) is 11.8 Å².